The fraction of sp³-hybridized carbons (Fsp3) is 1.00. The minimum atomic E-state index is 0.279. The van der Waals surface area contributed by atoms with Gasteiger partial charge in [-0.05, 0) is 63.8 Å². The fourth-order valence-corrected chi connectivity index (χ4v) is 4.63. The second-order valence-electron chi connectivity index (χ2n) is 7.30. The molecule has 0 aromatic carbocycles. The number of ether oxygens (including phenoxy) is 1. The molecule has 3 aliphatic rings. The number of hydrogen-bond acceptors (Lipinski definition) is 2. The molecule has 2 saturated carbocycles. The third-order valence-corrected chi connectivity index (χ3v) is 6.12. The molecule has 1 spiro atoms. The van der Waals surface area contributed by atoms with E-state index >= 15 is 0 Å². The molecule has 0 aromatic heterocycles. The zero-order chi connectivity index (χ0) is 13.8. The van der Waals surface area contributed by atoms with Gasteiger partial charge in [-0.15, -0.1) is 11.6 Å². The van der Waals surface area contributed by atoms with Crippen molar-refractivity contribution >= 4 is 11.6 Å². The molecule has 1 saturated heterocycles. The minimum Gasteiger partial charge on any atom is -0.370 e. The van der Waals surface area contributed by atoms with Crippen LogP contribution in [-0.4, -0.2) is 30.2 Å². The van der Waals surface area contributed by atoms with Crippen LogP contribution in [0.15, 0.2) is 0 Å². The van der Waals surface area contributed by atoms with Crippen molar-refractivity contribution in [3.63, 3.8) is 0 Å². The zero-order valence-electron chi connectivity index (χ0n) is 12.7. The van der Waals surface area contributed by atoms with Gasteiger partial charge in [-0.2, -0.15) is 0 Å². The van der Waals surface area contributed by atoms with E-state index < -0.39 is 0 Å². The van der Waals surface area contributed by atoms with Gasteiger partial charge < -0.3 is 10.1 Å². The van der Waals surface area contributed by atoms with Crippen LogP contribution in [0.4, 0.5) is 0 Å². The molecule has 1 N–H and O–H groups in total. The maximum absolute atomic E-state index is 6.41. The van der Waals surface area contributed by atoms with E-state index in [2.05, 4.69) is 5.32 Å². The molecule has 1 unspecified atom stereocenters. The van der Waals surface area contributed by atoms with Crippen molar-refractivity contribution in [2.24, 2.45) is 5.92 Å². The molecule has 0 aromatic rings. The maximum Gasteiger partial charge on any atom is 0.0708 e. The lowest BCUT2D eigenvalue weighted by molar-refractivity contribution is -0.0625. The van der Waals surface area contributed by atoms with Crippen LogP contribution in [0.25, 0.3) is 0 Å². The summed E-state index contributed by atoms with van der Waals surface area (Å²) < 4.78 is 6.41. The standard InChI is InChI=1S/C17H30ClNO/c18-15-6-4-14(5-7-15)12-19-13-16-8-11-17(20-16)9-2-1-3-10-17/h14-16,19H,1-13H2. The van der Waals surface area contributed by atoms with Crippen LogP contribution in [0.2, 0.25) is 0 Å². The van der Waals surface area contributed by atoms with Gasteiger partial charge in [0.2, 0.25) is 0 Å². The molecular weight excluding hydrogens is 270 g/mol. The van der Waals surface area contributed by atoms with Crippen molar-refractivity contribution in [1.82, 2.24) is 5.32 Å². The highest BCUT2D eigenvalue weighted by Gasteiger charge is 2.40. The molecule has 2 aliphatic carbocycles. The normalized spacial score (nSPS) is 37.4. The highest BCUT2D eigenvalue weighted by atomic mass is 35.5. The SMILES string of the molecule is ClC1CCC(CNCC2CCC3(CCCCC3)O2)CC1. The molecule has 116 valence electrons. The van der Waals surface area contributed by atoms with Crippen LogP contribution in [0.3, 0.4) is 0 Å². The average Bonchev–Trinajstić information content (AvgIpc) is 2.85. The van der Waals surface area contributed by atoms with Crippen molar-refractivity contribution in [2.45, 2.75) is 87.7 Å². The third-order valence-electron chi connectivity index (χ3n) is 5.68. The van der Waals surface area contributed by atoms with Gasteiger partial charge in [-0.25, -0.2) is 0 Å². The smallest absolute Gasteiger partial charge is 0.0708 e. The van der Waals surface area contributed by atoms with Crippen molar-refractivity contribution in [2.75, 3.05) is 13.1 Å². The third kappa shape index (κ3) is 3.90. The molecule has 3 heteroatoms. The van der Waals surface area contributed by atoms with E-state index in [0.717, 1.165) is 19.0 Å². The van der Waals surface area contributed by atoms with Crippen LogP contribution in [0, 0.1) is 5.92 Å². The first kappa shape index (κ1) is 15.1. The Balaban J connectivity index is 1.33. The Morgan fingerprint density at radius 3 is 2.40 bits per heavy atom. The summed E-state index contributed by atoms with van der Waals surface area (Å²) in [5.74, 6) is 0.843. The number of rotatable bonds is 4. The monoisotopic (exact) mass is 299 g/mol. The van der Waals surface area contributed by atoms with E-state index in [0.29, 0.717) is 11.5 Å². The van der Waals surface area contributed by atoms with Crippen molar-refractivity contribution in [3.05, 3.63) is 0 Å². The average molecular weight is 300 g/mol. The highest BCUT2D eigenvalue weighted by Crippen LogP contribution is 2.41. The fourth-order valence-electron chi connectivity index (χ4n) is 4.38. The van der Waals surface area contributed by atoms with Crippen molar-refractivity contribution < 1.29 is 4.74 Å². The Morgan fingerprint density at radius 1 is 0.900 bits per heavy atom. The van der Waals surface area contributed by atoms with Gasteiger partial charge in [-0.3, -0.25) is 0 Å². The molecule has 2 nitrogen and oxygen atoms in total. The Kier molecular flexibility index (Phi) is 5.28. The van der Waals surface area contributed by atoms with Crippen molar-refractivity contribution in [3.8, 4) is 0 Å². The molecule has 3 rings (SSSR count). The lowest BCUT2D eigenvalue weighted by Gasteiger charge is -2.33. The van der Waals surface area contributed by atoms with Gasteiger partial charge in [0, 0.05) is 11.9 Å². The highest BCUT2D eigenvalue weighted by molar-refractivity contribution is 6.20. The predicted octanol–water partition coefficient (Wildman–Crippen LogP) is 4.26. The summed E-state index contributed by atoms with van der Waals surface area (Å²) in [6.07, 6.45) is 14.8. The summed E-state index contributed by atoms with van der Waals surface area (Å²) in [7, 11) is 0. The Labute approximate surface area is 129 Å². The molecule has 20 heavy (non-hydrogen) atoms. The molecule has 0 bridgehead atoms. The summed E-state index contributed by atoms with van der Waals surface area (Å²) in [5, 5.41) is 4.11. The number of hydrogen-bond donors (Lipinski definition) is 1. The minimum absolute atomic E-state index is 0.279. The molecule has 1 aliphatic heterocycles. The first-order valence-electron chi connectivity index (χ1n) is 8.78. The second kappa shape index (κ2) is 6.98. The Morgan fingerprint density at radius 2 is 1.65 bits per heavy atom. The number of alkyl halides is 1. The van der Waals surface area contributed by atoms with Gasteiger partial charge in [0.05, 0.1) is 11.7 Å². The van der Waals surface area contributed by atoms with Crippen LogP contribution >= 0.6 is 11.6 Å². The van der Waals surface area contributed by atoms with Gasteiger partial charge >= 0.3 is 0 Å². The number of halogens is 1. The lowest BCUT2D eigenvalue weighted by Crippen LogP contribution is -2.36. The largest absolute Gasteiger partial charge is 0.370 e. The maximum atomic E-state index is 6.41. The van der Waals surface area contributed by atoms with E-state index in [9.17, 15) is 0 Å². The van der Waals surface area contributed by atoms with Gasteiger partial charge in [0.25, 0.3) is 0 Å². The van der Waals surface area contributed by atoms with Gasteiger partial charge in [-0.1, -0.05) is 19.3 Å². The predicted molar refractivity (Wildman–Crippen MR) is 84.4 cm³/mol. The van der Waals surface area contributed by atoms with E-state index in [-0.39, 0.29) is 5.60 Å². The van der Waals surface area contributed by atoms with Crippen LogP contribution < -0.4 is 5.32 Å². The molecule has 0 radical (unpaired) electrons. The lowest BCUT2D eigenvalue weighted by atomic mass is 9.83. The summed E-state index contributed by atoms with van der Waals surface area (Å²) in [5.41, 5.74) is 0.279. The van der Waals surface area contributed by atoms with Crippen LogP contribution in [0.1, 0.15) is 70.6 Å². The molecule has 3 fully saturated rings. The molecule has 1 heterocycles. The van der Waals surface area contributed by atoms with Crippen molar-refractivity contribution in [1.29, 1.82) is 0 Å². The van der Waals surface area contributed by atoms with Crippen LogP contribution in [0.5, 0.6) is 0 Å². The van der Waals surface area contributed by atoms with Crippen LogP contribution in [-0.2, 0) is 4.74 Å². The van der Waals surface area contributed by atoms with Gasteiger partial charge in [0.1, 0.15) is 0 Å². The first-order chi connectivity index (χ1) is 9.76. The van der Waals surface area contributed by atoms with Gasteiger partial charge in [0.15, 0.2) is 0 Å². The summed E-state index contributed by atoms with van der Waals surface area (Å²) >= 11 is 6.16. The summed E-state index contributed by atoms with van der Waals surface area (Å²) in [4.78, 5) is 0. The van der Waals surface area contributed by atoms with E-state index in [1.807, 2.05) is 0 Å². The van der Waals surface area contributed by atoms with E-state index in [1.54, 1.807) is 0 Å². The summed E-state index contributed by atoms with van der Waals surface area (Å²) in [6, 6.07) is 0. The number of nitrogens with one attached hydrogen (secondary N) is 1. The van der Waals surface area contributed by atoms with E-state index in [1.165, 1.54) is 70.6 Å². The second-order valence-corrected chi connectivity index (χ2v) is 7.92. The quantitative estimate of drug-likeness (QED) is 0.783. The molecular formula is C17H30ClNO. The summed E-state index contributed by atoms with van der Waals surface area (Å²) in [6.45, 7) is 2.22. The molecule has 1 atom stereocenters. The Bertz CT molecular complexity index is 295. The topological polar surface area (TPSA) is 21.3 Å². The molecule has 0 amide bonds. The zero-order valence-corrected chi connectivity index (χ0v) is 13.5. The first-order valence-corrected chi connectivity index (χ1v) is 9.22. The van der Waals surface area contributed by atoms with E-state index in [4.69, 9.17) is 16.3 Å². The Hall–Kier alpha value is 0.210.